The van der Waals surface area contributed by atoms with Crippen molar-refractivity contribution in [3.63, 3.8) is 0 Å². The second-order valence-corrected chi connectivity index (χ2v) is 9.14. The Kier molecular flexibility index (Phi) is 6.87. The smallest absolute Gasteiger partial charge is 0.0989 e. The minimum Gasteiger partial charge on any atom is -0.374 e. The zero-order valence-electron chi connectivity index (χ0n) is 17.5. The van der Waals surface area contributed by atoms with Gasteiger partial charge in [-0.15, -0.1) is 0 Å². The lowest BCUT2D eigenvalue weighted by Gasteiger charge is -2.31. The first-order valence-corrected chi connectivity index (χ1v) is 11.3. The summed E-state index contributed by atoms with van der Waals surface area (Å²) in [7, 11) is 0. The standard InChI is InChI=1S/C25H36O3/c1-18-3-6-20(7-4-18)21-8-10-23(26-16-21)12-13-24-11-9-22(17-27-24)25-14-5-19(2)15-28-25/h3,5-6,8-9,14,18-20,23-25H,4,7,10-13,15-17H2,1-2H3. The molecular weight excluding hydrogens is 348 g/mol. The van der Waals surface area contributed by atoms with Crippen LogP contribution in [0.2, 0.25) is 0 Å². The molecule has 28 heavy (non-hydrogen) atoms. The van der Waals surface area contributed by atoms with E-state index in [1.54, 1.807) is 0 Å². The van der Waals surface area contributed by atoms with E-state index >= 15 is 0 Å². The summed E-state index contributed by atoms with van der Waals surface area (Å²) in [4.78, 5) is 0. The fourth-order valence-corrected chi connectivity index (χ4v) is 4.63. The van der Waals surface area contributed by atoms with Crippen molar-refractivity contribution < 1.29 is 14.2 Å². The van der Waals surface area contributed by atoms with E-state index < -0.39 is 0 Å². The highest BCUT2D eigenvalue weighted by Crippen LogP contribution is 2.31. The van der Waals surface area contributed by atoms with Crippen molar-refractivity contribution in [2.75, 3.05) is 19.8 Å². The number of hydrogen-bond donors (Lipinski definition) is 0. The van der Waals surface area contributed by atoms with Crippen molar-refractivity contribution in [3.05, 3.63) is 47.6 Å². The molecule has 0 radical (unpaired) electrons. The second kappa shape index (κ2) is 9.56. The minimum atomic E-state index is 0.124. The average molecular weight is 385 g/mol. The van der Waals surface area contributed by atoms with Crippen molar-refractivity contribution in [3.8, 4) is 0 Å². The van der Waals surface area contributed by atoms with Crippen LogP contribution in [-0.2, 0) is 14.2 Å². The summed E-state index contributed by atoms with van der Waals surface area (Å²) in [6.07, 6.45) is 21.6. The Morgan fingerprint density at radius 2 is 1.43 bits per heavy atom. The molecule has 0 bridgehead atoms. The number of hydrogen-bond acceptors (Lipinski definition) is 3. The van der Waals surface area contributed by atoms with Crippen molar-refractivity contribution in [1.29, 1.82) is 0 Å². The van der Waals surface area contributed by atoms with Crippen LogP contribution in [0.1, 0.15) is 52.4 Å². The molecule has 4 rings (SSSR count). The molecule has 0 saturated heterocycles. The lowest BCUT2D eigenvalue weighted by Crippen LogP contribution is -2.29. The van der Waals surface area contributed by atoms with Gasteiger partial charge in [-0.3, -0.25) is 0 Å². The Morgan fingerprint density at radius 1 is 0.750 bits per heavy atom. The van der Waals surface area contributed by atoms with Crippen LogP contribution < -0.4 is 0 Å². The van der Waals surface area contributed by atoms with E-state index in [-0.39, 0.29) is 6.10 Å². The number of ether oxygens (including phenoxy) is 3. The molecule has 0 amide bonds. The van der Waals surface area contributed by atoms with Gasteiger partial charge < -0.3 is 14.2 Å². The molecule has 0 N–H and O–H groups in total. The van der Waals surface area contributed by atoms with E-state index in [0.29, 0.717) is 30.7 Å². The Morgan fingerprint density at radius 3 is 1.96 bits per heavy atom. The number of rotatable bonds is 5. The van der Waals surface area contributed by atoms with Gasteiger partial charge in [0.2, 0.25) is 0 Å². The van der Waals surface area contributed by atoms with E-state index in [0.717, 1.165) is 44.8 Å². The Balaban J connectivity index is 1.19. The maximum absolute atomic E-state index is 6.19. The van der Waals surface area contributed by atoms with Crippen LogP contribution in [0.4, 0.5) is 0 Å². The van der Waals surface area contributed by atoms with Gasteiger partial charge in [-0.1, -0.05) is 50.3 Å². The first kappa shape index (κ1) is 20.1. The molecule has 0 aromatic rings. The van der Waals surface area contributed by atoms with E-state index in [1.807, 2.05) is 0 Å². The Labute approximate surface area is 170 Å². The predicted octanol–water partition coefficient (Wildman–Crippen LogP) is 5.39. The van der Waals surface area contributed by atoms with Crippen LogP contribution in [-0.4, -0.2) is 38.1 Å². The molecule has 0 fully saturated rings. The lowest BCUT2D eigenvalue weighted by molar-refractivity contribution is 0.00633. The monoisotopic (exact) mass is 384 g/mol. The van der Waals surface area contributed by atoms with Gasteiger partial charge in [-0.2, -0.15) is 0 Å². The molecule has 3 aliphatic heterocycles. The van der Waals surface area contributed by atoms with Crippen LogP contribution in [0.3, 0.4) is 0 Å². The highest BCUT2D eigenvalue weighted by atomic mass is 16.5. The first-order chi connectivity index (χ1) is 13.7. The molecule has 0 aromatic carbocycles. The summed E-state index contributed by atoms with van der Waals surface area (Å²) < 4.78 is 18.2. The zero-order valence-corrected chi connectivity index (χ0v) is 17.5. The maximum Gasteiger partial charge on any atom is 0.0989 e. The molecule has 1 aliphatic carbocycles. The highest BCUT2D eigenvalue weighted by Gasteiger charge is 2.25. The summed E-state index contributed by atoms with van der Waals surface area (Å²) in [5.41, 5.74) is 2.78. The fraction of sp³-hybridized carbons (Fsp3) is 0.680. The summed E-state index contributed by atoms with van der Waals surface area (Å²) in [6.45, 7) is 6.82. The van der Waals surface area contributed by atoms with Gasteiger partial charge in [0.25, 0.3) is 0 Å². The Hall–Kier alpha value is -1.16. The number of allylic oxidation sites excluding steroid dienone is 2. The Bertz CT molecular complexity index is 588. The molecule has 154 valence electrons. The fourth-order valence-electron chi connectivity index (χ4n) is 4.63. The quantitative estimate of drug-likeness (QED) is 0.595. The van der Waals surface area contributed by atoms with Gasteiger partial charge in [0.15, 0.2) is 0 Å². The predicted molar refractivity (Wildman–Crippen MR) is 113 cm³/mol. The van der Waals surface area contributed by atoms with Gasteiger partial charge in [-0.25, -0.2) is 0 Å². The van der Waals surface area contributed by atoms with Gasteiger partial charge in [0.1, 0.15) is 0 Å². The van der Waals surface area contributed by atoms with Crippen LogP contribution >= 0.6 is 0 Å². The molecule has 0 spiro atoms. The van der Waals surface area contributed by atoms with E-state index in [2.05, 4.69) is 50.3 Å². The molecule has 0 aromatic heterocycles. The zero-order chi connectivity index (χ0) is 19.3. The molecular formula is C25H36O3. The van der Waals surface area contributed by atoms with Gasteiger partial charge >= 0.3 is 0 Å². The van der Waals surface area contributed by atoms with Crippen molar-refractivity contribution in [2.24, 2.45) is 17.8 Å². The van der Waals surface area contributed by atoms with Gasteiger partial charge in [0, 0.05) is 0 Å². The van der Waals surface area contributed by atoms with Crippen LogP contribution in [0.5, 0.6) is 0 Å². The third-order valence-corrected chi connectivity index (χ3v) is 6.67. The summed E-state index contributed by atoms with van der Waals surface area (Å²) in [5.74, 6) is 1.88. The van der Waals surface area contributed by atoms with E-state index in [1.165, 1.54) is 24.0 Å². The second-order valence-electron chi connectivity index (χ2n) is 9.14. The van der Waals surface area contributed by atoms with Crippen molar-refractivity contribution >= 4 is 0 Å². The first-order valence-electron chi connectivity index (χ1n) is 11.3. The SMILES string of the molecule is CC1C=CC(C2=CCC(CCC3CC=C(C4C=CC(C)CO4)CO3)OC2)CC1. The average Bonchev–Trinajstić information content (AvgIpc) is 2.74. The molecule has 4 aliphatic rings. The van der Waals surface area contributed by atoms with E-state index in [9.17, 15) is 0 Å². The molecule has 6 atom stereocenters. The third-order valence-electron chi connectivity index (χ3n) is 6.67. The van der Waals surface area contributed by atoms with E-state index in [4.69, 9.17) is 14.2 Å². The van der Waals surface area contributed by atoms with Crippen LogP contribution in [0, 0.1) is 17.8 Å². The van der Waals surface area contributed by atoms with Crippen LogP contribution in [0.15, 0.2) is 47.6 Å². The van der Waals surface area contributed by atoms with Gasteiger partial charge in [0.05, 0.1) is 38.1 Å². The minimum absolute atomic E-state index is 0.124. The van der Waals surface area contributed by atoms with Crippen molar-refractivity contribution in [1.82, 2.24) is 0 Å². The van der Waals surface area contributed by atoms with Crippen molar-refractivity contribution in [2.45, 2.75) is 70.7 Å². The largest absolute Gasteiger partial charge is 0.374 e. The van der Waals surface area contributed by atoms with Crippen LogP contribution in [0.25, 0.3) is 0 Å². The normalized spacial score (nSPS) is 38.8. The molecule has 3 nitrogen and oxygen atoms in total. The summed E-state index contributed by atoms with van der Waals surface area (Å²) in [6, 6.07) is 0. The maximum atomic E-state index is 6.19. The summed E-state index contributed by atoms with van der Waals surface area (Å²) >= 11 is 0. The molecule has 3 heteroatoms. The topological polar surface area (TPSA) is 27.7 Å². The highest BCUT2D eigenvalue weighted by molar-refractivity contribution is 5.20. The van der Waals surface area contributed by atoms with Gasteiger partial charge in [-0.05, 0) is 67.4 Å². The third kappa shape index (κ3) is 5.25. The lowest BCUT2D eigenvalue weighted by atomic mass is 9.84. The molecule has 0 saturated carbocycles. The molecule has 6 unspecified atom stereocenters. The summed E-state index contributed by atoms with van der Waals surface area (Å²) in [5, 5.41) is 0. The molecule has 3 heterocycles.